The summed E-state index contributed by atoms with van der Waals surface area (Å²) in [7, 11) is 0. The molecule has 3 N–H and O–H groups in total. The molecule has 3 heteroatoms. The van der Waals surface area contributed by atoms with Gasteiger partial charge in [0.05, 0.1) is 5.69 Å². The van der Waals surface area contributed by atoms with Gasteiger partial charge in [-0.2, -0.15) is 0 Å². The van der Waals surface area contributed by atoms with E-state index in [1.807, 2.05) is 24.3 Å². The van der Waals surface area contributed by atoms with Crippen LogP contribution in [0.2, 0.25) is 0 Å². The van der Waals surface area contributed by atoms with Crippen LogP contribution in [0.5, 0.6) is 5.75 Å². The lowest BCUT2D eigenvalue weighted by molar-refractivity contribution is 0.290. The van der Waals surface area contributed by atoms with E-state index in [1.165, 1.54) is 32.1 Å². The Balaban J connectivity index is 1.64. The number of anilines is 1. The standard InChI is InChI=1S/C14H22N2O/c15-13-8-4-5-9-14(13)17-11-10-16-12-6-2-1-3-7-12/h4-5,8-9,12,16H,1-3,6-7,10-11,15H2. The maximum atomic E-state index is 5.80. The van der Waals surface area contributed by atoms with Crippen LogP contribution in [-0.4, -0.2) is 19.2 Å². The summed E-state index contributed by atoms with van der Waals surface area (Å²) in [6, 6.07) is 8.34. The molecule has 0 heterocycles. The maximum absolute atomic E-state index is 5.80. The second-order valence-corrected chi connectivity index (χ2v) is 4.68. The Morgan fingerprint density at radius 1 is 1.18 bits per heavy atom. The van der Waals surface area contributed by atoms with E-state index in [0.717, 1.165) is 12.3 Å². The fourth-order valence-corrected chi connectivity index (χ4v) is 2.34. The minimum atomic E-state index is 0.685. The number of nitrogen functional groups attached to an aromatic ring is 1. The Morgan fingerprint density at radius 3 is 2.71 bits per heavy atom. The molecule has 0 aromatic heterocycles. The molecule has 1 aromatic carbocycles. The molecular formula is C14H22N2O. The molecule has 0 spiro atoms. The van der Waals surface area contributed by atoms with Gasteiger partial charge in [0.25, 0.3) is 0 Å². The quantitative estimate of drug-likeness (QED) is 0.608. The third-order valence-corrected chi connectivity index (χ3v) is 3.32. The number of nitrogens with one attached hydrogen (secondary N) is 1. The molecule has 0 amide bonds. The molecule has 0 saturated heterocycles. The van der Waals surface area contributed by atoms with Crippen LogP contribution < -0.4 is 15.8 Å². The number of benzene rings is 1. The minimum absolute atomic E-state index is 0.685. The lowest BCUT2D eigenvalue weighted by Crippen LogP contribution is -2.34. The third-order valence-electron chi connectivity index (χ3n) is 3.32. The number of ether oxygens (including phenoxy) is 1. The monoisotopic (exact) mass is 234 g/mol. The van der Waals surface area contributed by atoms with Crippen LogP contribution in [0.4, 0.5) is 5.69 Å². The van der Waals surface area contributed by atoms with E-state index in [9.17, 15) is 0 Å². The predicted molar refractivity (Wildman–Crippen MR) is 71.2 cm³/mol. The molecule has 0 radical (unpaired) electrons. The first kappa shape index (κ1) is 12.2. The first-order valence-corrected chi connectivity index (χ1v) is 6.57. The van der Waals surface area contributed by atoms with Gasteiger partial charge in [0, 0.05) is 12.6 Å². The Morgan fingerprint density at radius 2 is 1.94 bits per heavy atom. The van der Waals surface area contributed by atoms with Gasteiger partial charge < -0.3 is 15.8 Å². The number of hydrogen-bond acceptors (Lipinski definition) is 3. The van der Waals surface area contributed by atoms with Crippen molar-refractivity contribution >= 4 is 5.69 Å². The topological polar surface area (TPSA) is 47.3 Å². The van der Waals surface area contributed by atoms with Crippen LogP contribution in [0.1, 0.15) is 32.1 Å². The average molecular weight is 234 g/mol. The van der Waals surface area contributed by atoms with E-state index in [2.05, 4.69) is 5.32 Å². The molecule has 1 saturated carbocycles. The molecule has 1 aliphatic carbocycles. The van der Waals surface area contributed by atoms with Crippen molar-refractivity contribution in [3.8, 4) is 5.75 Å². The van der Waals surface area contributed by atoms with Gasteiger partial charge in [-0.05, 0) is 25.0 Å². The van der Waals surface area contributed by atoms with Crippen molar-refractivity contribution in [1.82, 2.24) is 5.32 Å². The van der Waals surface area contributed by atoms with Gasteiger partial charge in [-0.3, -0.25) is 0 Å². The van der Waals surface area contributed by atoms with Crippen LogP contribution in [-0.2, 0) is 0 Å². The molecule has 1 aliphatic rings. The molecule has 17 heavy (non-hydrogen) atoms. The van der Waals surface area contributed by atoms with Gasteiger partial charge in [0.1, 0.15) is 12.4 Å². The summed E-state index contributed by atoms with van der Waals surface area (Å²) in [4.78, 5) is 0. The van der Waals surface area contributed by atoms with Crippen LogP contribution in [0, 0.1) is 0 Å². The smallest absolute Gasteiger partial charge is 0.142 e. The summed E-state index contributed by atoms with van der Waals surface area (Å²) in [6.45, 7) is 1.59. The molecule has 0 aliphatic heterocycles. The van der Waals surface area contributed by atoms with E-state index < -0.39 is 0 Å². The summed E-state index contributed by atoms with van der Waals surface area (Å²) in [5, 5.41) is 3.55. The summed E-state index contributed by atoms with van der Waals surface area (Å²) in [6.07, 6.45) is 6.75. The van der Waals surface area contributed by atoms with Crippen LogP contribution in [0.3, 0.4) is 0 Å². The molecule has 0 atom stereocenters. The van der Waals surface area contributed by atoms with Crippen LogP contribution in [0.15, 0.2) is 24.3 Å². The van der Waals surface area contributed by atoms with Crippen molar-refractivity contribution in [3.05, 3.63) is 24.3 Å². The highest BCUT2D eigenvalue weighted by molar-refractivity contribution is 5.51. The Hall–Kier alpha value is -1.22. The van der Waals surface area contributed by atoms with Gasteiger partial charge in [0.15, 0.2) is 0 Å². The van der Waals surface area contributed by atoms with Gasteiger partial charge in [-0.15, -0.1) is 0 Å². The zero-order valence-corrected chi connectivity index (χ0v) is 10.3. The van der Waals surface area contributed by atoms with Gasteiger partial charge in [-0.25, -0.2) is 0 Å². The number of para-hydroxylation sites is 2. The molecule has 3 nitrogen and oxygen atoms in total. The highest BCUT2D eigenvalue weighted by atomic mass is 16.5. The SMILES string of the molecule is Nc1ccccc1OCCNC1CCCCC1. The molecule has 1 aromatic rings. The van der Waals surface area contributed by atoms with Crippen molar-refractivity contribution in [1.29, 1.82) is 0 Å². The molecular weight excluding hydrogens is 212 g/mol. The summed E-state index contributed by atoms with van der Waals surface area (Å²) in [5.74, 6) is 0.790. The largest absolute Gasteiger partial charge is 0.490 e. The highest BCUT2D eigenvalue weighted by Gasteiger charge is 2.11. The minimum Gasteiger partial charge on any atom is -0.490 e. The molecule has 2 rings (SSSR count). The summed E-state index contributed by atoms with van der Waals surface area (Å²) < 4.78 is 5.64. The Kier molecular flexibility index (Phi) is 4.68. The zero-order chi connectivity index (χ0) is 11.9. The van der Waals surface area contributed by atoms with Crippen LogP contribution in [0.25, 0.3) is 0 Å². The van der Waals surface area contributed by atoms with Crippen LogP contribution >= 0.6 is 0 Å². The Bertz CT molecular complexity index is 335. The van der Waals surface area contributed by atoms with Crippen molar-refractivity contribution in [3.63, 3.8) is 0 Å². The fourth-order valence-electron chi connectivity index (χ4n) is 2.34. The van der Waals surface area contributed by atoms with Crippen molar-refractivity contribution < 1.29 is 4.74 Å². The normalized spacial score (nSPS) is 16.9. The summed E-state index contributed by atoms with van der Waals surface area (Å²) >= 11 is 0. The summed E-state index contributed by atoms with van der Waals surface area (Å²) in [5.41, 5.74) is 6.51. The zero-order valence-electron chi connectivity index (χ0n) is 10.3. The van der Waals surface area contributed by atoms with Gasteiger partial charge in [-0.1, -0.05) is 31.4 Å². The highest BCUT2D eigenvalue weighted by Crippen LogP contribution is 2.19. The van der Waals surface area contributed by atoms with Crippen molar-refractivity contribution in [2.24, 2.45) is 0 Å². The second kappa shape index (κ2) is 6.50. The first-order valence-electron chi connectivity index (χ1n) is 6.57. The van der Waals surface area contributed by atoms with Gasteiger partial charge in [0.2, 0.25) is 0 Å². The van der Waals surface area contributed by atoms with Crippen molar-refractivity contribution in [2.45, 2.75) is 38.1 Å². The lowest BCUT2D eigenvalue weighted by Gasteiger charge is -2.22. The Labute approximate surface area is 103 Å². The predicted octanol–water partition coefficient (Wildman–Crippen LogP) is 2.57. The van der Waals surface area contributed by atoms with Crippen molar-refractivity contribution in [2.75, 3.05) is 18.9 Å². The maximum Gasteiger partial charge on any atom is 0.142 e. The van der Waals surface area contributed by atoms with E-state index >= 15 is 0 Å². The number of nitrogens with two attached hydrogens (primary N) is 1. The van der Waals surface area contributed by atoms with E-state index in [1.54, 1.807) is 0 Å². The molecule has 94 valence electrons. The van der Waals surface area contributed by atoms with Gasteiger partial charge >= 0.3 is 0 Å². The molecule has 1 fully saturated rings. The number of rotatable bonds is 5. The van der Waals surface area contributed by atoms with E-state index in [-0.39, 0.29) is 0 Å². The van der Waals surface area contributed by atoms with E-state index in [0.29, 0.717) is 18.3 Å². The lowest BCUT2D eigenvalue weighted by atomic mass is 9.96. The van der Waals surface area contributed by atoms with E-state index in [4.69, 9.17) is 10.5 Å². The first-order chi connectivity index (χ1) is 8.36. The molecule has 0 bridgehead atoms. The second-order valence-electron chi connectivity index (χ2n) is 4.68. The fraction of sp³-hybridized carbons (Fsp3) is 0.571. The average Bonchev–Trinajstić information content (AvgIpc) is 2.38. The molecule has 0 unspecified atom stereocenters. The third kappa shape index (κ3) is 3.93. The number of hydrogen-bond donors (Lipinski definition) is 2.